The van der Waals surface area contributed by atoms with Crippen LogP contribution in [0, 0.1) is 5.92 Å². The van der Waals surface area contributed by atoms with E-state index < -0.39 is 0 Å². The fourth-order valence-electron chi connectivity index (χ4n) is 4.17. The highest BCUT2D eigenvalue weighted by molar-refractivity contribution is 9.10. The molecule has 0 bridgehead atoms. The van der Waals surface area contributed by atoms with Crippen LogP contribution in [-0.4, -0.2) is 31.1 Å². The van der Waals surface area contributed by atoms with Crippen molar-refractivity contribution in [3.8, 4) is 5.75 Å². The molecule has 2 aliphatic rings. The van der Waals surface area contributed by atoms with Crippen LogP contribution in [0.2, 0.25) is 0 Å². The first-order valence-electron chi connectivity index (χ1n) is 8.04. The number of likely N-dealkylation sites (tertiary alicyclic amines) is 1. The Bertz CT molecular complexity index is 494. The lowest BCUT2D eigenvalue weighted by molar-refractivity contribution is 0.135. The summed E-state index contributed by atoms with van der Waals surface area (Å²) in [5, 5.41) is 0. The van der Waals surface area contributed by atoms with Gasteiger partial charge in [0.25, 0.3) is 0 Å². The predicted molar refractivity (Wildman–Crippen MR) is 89.6 cm³/mol. The van der Waals surface area contributed by atoms with Crippen LogP contribution in [0.4, 0.5) is 0 Å². The smallest absolute Gasteiger partial charge is 0.119 e. The molecule has 1 saturated carbocycles. The first-order chi connectivity index (χ1) is 10.2. The van der Waals surface area contributed by atoms with Gasteiger partial charge in [-0.2, -0.15) is 0 Å². The average molecular weight is 353 g/mol. The number of hydrogen-bond donors (Lipinski definition) is 1. The molecule has 21 heavy (non-hydrogen) atoms. The Morgan fingerprint density at radius 1 is 1.33 bits per heavy atom. The lowest BCUT2D eigenvalue weighted by Crippen LogP contribution is -2.40. The lowest BCUT2D eigenvalue weighted by atomic mass is 9.84. The van der Waals surface area contributed by atoms with Crippen LogP contribution in [0.15, 0.2) is 22.7 Å². The zero-order valence-electron chi connectivity index (χ0n) is 12.7. The van der Waals surface area contributed by atoms with Crippen molar-refractivity contribution in [2.24, 2.45) is 11.7 Å². The normalized spacial score (nSPS) is 27.4. The van der Waals surface area contributed by atoms with Crippen molar-refractivity contribution in [2.45, 2.75) is 44.2 Å². The zero-order chi connectivity index (χ0) is 14.8. The van der Waals surface area contributed by atoms with Crippen molar-refractivity contribution in [3.05, 3.63) is 28.2 Å². The Labute approximate surface area is 136 Å². The maximum atomic E-state index is 6.16. The van der Waals surface area contributed by atoms with Crippen molar-refractivity contribution in [1.82, 2.24) is 4.90 Å². The number of hydrogen-bond acceptors (Lipinski definition) is 3. The highest BCUT2D eigenvalue weighted by Gasteiger charge is 2.39. The van der Waals surface area contributed by atoms with E-state index in [2.05, 4.69) is 33.0 Å². The molecule has 1 aliphatic heterocycles. The van der Waals surface area contributed by atoms with E-state index >= 15 is 0 Å². The summed E-state index contributed by atoms with van der Waals surface area (Å²) in [6, 6.07) is 7.23. The molecule has 1 saturated heterocycles. The summed E-state index contributed by atoms with van der Waals surface area (Å²) in [5.41, 5.74) is 7.43. The van der Waals surface area contributed by atoms with E-state index in [0.29, 0.717) is 12.6 Å². The Hall–Kier alpha value is -0.580. The minimum Gasteiger partial charge on any atom is -0.497 e. The molecule has 0 aromatic heterocycles. The molecule has 1 aromatic rings. The molecule has 1 heterocycles. The van der Waals surface area contributed by atoms with Gasteiger partial charge in [-0.25, -0.2) is 0 Å². The van der Waals surface area contributed by atoms with Crippen molar-refractivity contribution in [2.75, 3.05) is 20.2 Å². The lowest BCUT2D eigenvalue weighted by Gasteiger charge is -2.37. The van der Waals surface area contributed by atoms with E-state index in [1.807, 2.05) is 6.07 Å². The summed E-state index contributed by atoms with van der Waals surface area (Å²) in [4.78, 5) is 2.66. The van der Waals surface area contributed by atoms with E-state index in [-0.39, 0.29) is 0 Å². The zero-order valence-corrected chi connectivity index (χ0v) is 14.3. The quantitative estimate of drug-likeness (QED) is 0.897. The highest BCUT2D eigenvalue weighted by atomic mass is 79.9. The number of benzene rings is 1. The average Bonchev–Trinajstić information content (AvgIpc) is 2.94. The fourth-order valence-corrected chi connectivity index (χ4v) is 4.69. The number of nitrogens with two attached hydrogens (primary N) is 1. The van der Waals surface area contributed by atoms with Crippen molar-refractivity contribution >= 4 is 15.9 Å². The summed E-state index contributed by atoms with van der Waals surface area (Å²) in [6.45, 7) is 1.84. The third-order valence-corrected chi connectivity index (χ3v) is 5.96. The van der Waals surface area contributed by atoms with Gasteiger partial charge in [0.2, 0.25) is 0 Å². The van der Waals surface area contributed by atoms with Crippen LogP contribution in [0.3, 0.4) is 0 Å². The standard InChI is InChI=1S/C17H25BrN2O/c1-21-13-6-7-15(18)14(10-13)17(11-19)20-9-8-12-4-2-3-5-16(12)20/h6-7,10,12,16-17H,2-5,8-9,11,19H2,1H3. The molecule has 3 nitrogen and oxygen atoms in total. The van der Waals surface area contributed by atoms with E-state index in [4.69, 9.17) is 10.5 Å². The van der Waals surface area contributed by atoms with Gasteiger partial charge in [0, 0.05) is 23.1 Å². The molecule has 0 spiro atoms. The molecule has 0 radical (unpaired) electrons. The van der Waals surface area contributed by atoms with Gasteiger partial charge in [-0.3, -0.25) is 4.90 Å². The van der Waals surface area contributed by atoms with E-state index in [1.165, 1.54) is 44.2 Å². The Morgan fingerprint density at radius 3 is 2.90 bits per heavy atom. The van der Waals surface area contributed by atoms with E-state index in [9.17, 15) is 0 Å². The van der Waals surface area contributed by atoms with Gasteiger partial charge in [-0.05, 0) is 55.5 Å². The Balaban J connectivity index is 1.88. The minimum absolute atomic E-state index is 0.294. The largest absolute Gasteiger partial charge is 0.497 e. The summed E-state index contributed by atoms with van der Waals surface area (Å²) >= 11 is 3.70. The second-order valence-corrected chi connectivity index (χ2v) is 7.13. The van der Waals surface area contributed by atoms with Crippen LogP contribution in [0.1, 0.15) is 43.7 Å². The van der Waals surface area contributed by atoms with E-state index in [0.717, 1.165) is 22.2 Å². The third kappa shape index (κ3) is 2.99. The number of halogens is 1. The summed E-state index contributed by atoms with van der Waals surface area (Å²) in [5.74, 6) is 1.79. The van der Waals surface area contributed by atoms with Crippen LogP contribution < -0.4 is 10.5 Å². The van der Waals surface area contributed by atoms with Gasteiger partial charge < -0.3 is 10.5 Å². The maximum absolute atomic E-state index is 6.16. The Morgan fingerprint density at radius 2 is 2.14 bits per heavy atom. The third-order valence-electron chi connectivity index (χ3n) is 5.24. The van der Waals surface area contributed by atoms with Crippen LogP contribution >= 0.6 is 15.9 Å². The molecule has 2 fully saturated rings. The first kappa shape index (κ1) is 15.3. The molecule has 3 rings (SSSR count). The molecule has 2 N–H and O–H groups in total. The maximum Gasteiger partial charge on any atom is 0.119 e. The second kappa shape index (κ2) is 6.67. The fraction of sp³-hybridized carbons (Fsp3) is 0.647. The Kier molecular flexibility index (Phi) is 4.87. The SMILES string of the molecule is COc1ccc(Br)c(C(CN)N2CCC3CCCCC32)c1. The highest BCUT2D eigenvalue weighted by Crippen LogP contribution is 2.42. The molecule has 0 amide bonds. The number of methoxy groups -OCH3 is 1. The van der Waals surface area contributed by atoms with Crippen LogP contribution in [-0.2, 0) is 0 Å². The van der Waals surface area contributed by atoms with Crippen LogP contribution in [0.25, 0.3) is 0 Å². The summed E-state index contributed by atoms with van der Waals surface area (Å²) in [6.07, 6.45) is 6.85. The molecule has 1 aliphatic carbocycles. The number of rotatable bonds is 4. The summed E-state index contributed by atoms with van der Waals surface area (Å²) < 4.78 is 6.53. The second-order valence-electron chi connectivity index (χ2n) is 6.28. The van der Waals surface area contributed by atoms with Gasteiger partial charge in [-0.1, -0.05) is 28.8 Å². The molecule has 4 heteroatoms. The molecule has 3 atom stereocenters. The molecular formula is C17H25BrN2O. The van der Waals surface area contributed by atoms with Crippen molar-refractivity contribution in [1.29, 1.82) is 0 Å². The van der Waals surface area contributed by atoms with Crippen LogP contribution in [0.5, 0.6) is 5.75 Å². The van der Waals surface area contributed by atoms with Gasteiger partial charge in [0.05, 0.1) is 7.11 Å². The summed E-state index contributed by atoms with van der Waals surface area (Å²) in [7, 11) is 1.72. The topological polar surface area (TPSA) is 38.5 Å². The van der Waals surface area contributed by atoms with Gasteiger partial charge in [0.1, 0.15) is 5.75 Å². The van der Waals surface area contributed by atoms with Gasteiger partial charge >= 0.3 is 0 Å². The van der Waals surface area contributed by atoms with Gasteiger partial charge in [0.15, 0.2) is 0 Å². The van der Waals surface area contributed by atoms with Gasteiger partial charge in [-0.15, -0.1) is 0 Å². The molecular weight excluding hydrogens is 328 g/mol. The molecule has 3 unspecified atom stereocenters. The predicted octanol–water partition coefficient (Wildman–Crippen LogP) is 3.72. The number of ether oxygens (including phenoxy) is 1. The van der Waals surface area contributed by atoms with Crippen molar-refractivity contribution in [3.63, 3.8) is 0 Å². The molecule has 116 valence electrons. The minimum atomic E-state index is 0.294. The first-order valence-corrected chi connectivity index (χ1v) is 8.83. The van der Waals surface area contributed by atoms with E-state index in [1.54, 1.807) is 7.11 Å². The monoisotopic (exact) mass is 352 g/mol. The van der Waals surface area contributed by atoms with Crippen molar-refractivity contribution < 1.29 is 4.74 Å². The number of fused-ring (bicyclic) bond motifs is 1. The number of nitrogens with zero attached hydrogens (tertiary/aromatic N) is 1. The molecule has 1 aromatic carbocycles.